The van der Waals surface area contributed by atoms with Gasteiger partial charge in [-0.3, -0.25) is 9.59 Å². The van der Waals surface area contributed by atoms with E-state index in [9.17, 15) is 14.0 Å². The highest BCUT2D eigenvalue weighted by atomic mass is 35.5. The first-order valence-electron chi connectivity index (χ1n) is 9.78. The third-order valence-corrected chi connectivity index (χ3v) is 5.62. The maximum absolute atomic E-state index is 14.8. The first-order chi connectivity index (χ1) is 13.6. The highest BCUT2D eigenvalue weighted by molar-refractivity contribution is 6.03. The summed E-state index contributed by atoms with van der Waals surface area (Å²) >= 11 is 0. The molecule has 0 saturated carbocycles. The minimum Gasteiger partial charge on any atom is -0.323 e. The monoisotopic (exact) mass is 417 g/mol. The summed E-state index contributed by atoms with van der Waals surface area (Å²) in [6.45, 7) is 3.76. The molecule has 1 saturated heterocycles. The number of rotatable bonds is 4. The quantitative estimate of drug-likeness (QED) is 0.801. The standard InChI is InChI=1S/C22H24FN3O2.ClH/c1-2-14-3-6-17(7-4-14)26-13-16(11-20(26)27)22(28)25-19-8-5-15-12-24-10-9-18(15)21(19)23;/h3-8,16,24H,2,9-13H2,1H3,(H,25,28);1H. The topological polar surface area (TPSA) is 61.4 Å². The number of amides is 2. The minimum atomic E-state index is -0.490. The van der Waals surface area contributed by atoms with Gasteiger partial charge in [0.1, 0.15) is 5.82 Å². The minimum absolute atomic E-state index is 0. The molecule has 2 aromatic rings. The maximum atomic E-state index is 14.8. The molecule has 154 valence electrons. The summed E-state index contributed by atoms with van der Waals surface area (Å²) in [5, 5.41) is 5.91. The van der Waals surface area contributed by atoms with Crippen LogP contribution in [0.15, 0.2) is 36.4 Å². The Labute approximate surface area is 176 Å². The molecule has 2 aromatic carbocycles. The van der Waals surface area contributed by atoms with Crippen LogP contribution in [-0.2, 0) is 29.0 Å². The van der Waals surface area contributed by atoms with Gasteiger partial charge in [-0.25, -0.2) is 4.39 Å². The van der Waals surface area contributed by atoms with Crippen molar-refractivity contribution in [2.45, 2.75) is 32.7 Å². The Bertz CT molecular complexity index is 917. The molecule has 5 nitrogen and oxygen atoms in total. The van der Waals surface area contributed by atoms with E-state index in [1.807, 2.05) is 30.3 Å². The lowest BCUT2D eigenvalue weighted by molar-refractivity contribution is -0.122. The van der Waals surface area contributed by atoms with Crippen LogP contribution < -0.4 is 15.5 Å². The molecule has 0 aliphatic carbocycles. The van der Waals surface area contributed by atoms with Crippen LogP contribution in [0.5, 0.6) is 0 Å². The molecule has 2 aliphatic heterocycles. The van der Waals surface area contributed by atoms with Crippen LogP contribution in [0.3, 0.4) is 0 Å². The first-order valence-corrected chi connectivity index (χ1v) is 9.78. The molecular weight excluding hydrogens is 393 g/mol. The van der Waals surface area contributed by atoms with Crippen LogP contribution in [0.25, 0.3) is 0 Å². The molecule has 0 aromatic heterocycles. The van der Waals surface area contributed by atoms with E-state index in [1.165, 1.54) is 5.56 Å². The Morgan fingerprint density at radius 3 is 2.72 bits per heavy atom. The Balaban J connectivity index is 0.00000240. The molecule has 1 unspecified atom stereocenters. The molecule has 2 amide bonds. The fraction of sp³-hybridized carbons (Fsp3) is 0.364. The molecule has 2 heterocycles. The van der Waals surface area contributed by atoms with Gasteiger partial charge < -0.3 is 15.5 Å². The number of fused-ring (bicyclic) bond motifs is 1. The number of halogens is 2. The number of nitrogens with one attached hydrogen (secondary N) is 2. The average Bonchev–Trinajstić information content (AvgIpc) is 3.12. The van der Waals surface area contributed by atoms with Crippen molar-refractivity contribution in [3.8, 4) is 0 Å². The van der Waals surface area contributed by atoms with Gasteiger partial charge in [0.2, 0.25) is 11.8 Å². The predicted molar refractivity (Wildman–Crippen MR) is 114 cm³/mol. The molecule has 2 N–H and O–H groups in total. The van der Waals surface area contributed by atoms with Gasteiger partial charge >= 0.3 is 0 Å². The lowest BCUT2D eigenvalue weighted by atomic mass is 9.99. The first kappa shape index (κ1) is 21.3. The van der Waals surface area contributed by atoms with Gasteiger partial charge in [-0.05, 0) is 54.3 Å². The van der Waals surface area contributed by atoms with Crippen molar-refractivity contribution in [3.63, 3.8) is 0 Å². The molecule has 4 rings (SSSR count). The zero-order valence-corrected chi connectivity index (χ0v) is 17.2. The van der Waals surface area contributed by atoms with Gasteiger partial charge in [-0.1, -0.05) is 25.1 Å². The van der Waals surface area contributed by atoms with Crippen LogP contribution in [0.1, 0.15) is 30.0 Å². The van der Waals surface area contributed by atoms with Gasteiger partial charge in [-0.15, -0.1) is 12.4 Å². The zero-order valence-electron chi connectivity index (χ0n) is 16.3. The van der Waals surface area contributed by atoms with Crippen LogP contribution in [0.2, 0.25) is 0 Å². The van der Waals surface area contributed by atoms with E-state index in [4.69, 9.17) is 0 Å². The van der Waals surface area contributed by atoms with Crippen molar-refractivity contribution in [3.05, 3.63) is 58.9 Å². The Morgan fingerprint density at radius 2 is 2.00 bits per heavy atom. The summed E-state index contributed by atoms with van der Waals surface area (Å²) in [5.74, 6) is -1.24. The summed E-state index contributed by atoms with van der Waals surface area (Å²) in [6.07, 6.45) is 1.67. The molecular formula is C22H25ClFN3O2. The van der Waals surface area contributed by atoms with E-state index in [1.54, 1.807) is 11.0 Å². The van der Waals surface area contributed by atoms with E-state index in [0.717, 1.165) is 24.2 Å². The largest absolute Gasteiger partial charge is 0.323 e. The lowest BCUT2D eigenvalue weighted by Gasteiger charge is -2.20. The number of nitrogens with zero attached hydrogens (tertiary/aromatic N) is 1. The highest BCUT2D eigenvalue weighted by Gasteiger charge is 2.35. The summed E-state index contributed by atoms with van der Waals surface area (Å²) in [5.41, 5.74) is 3.78. The van der Waals surface area contributed by atoms with Crippen molar-refractivity contribution in [2.75, 3.05) is 23.3 Å². The second kappa shape index (κ2) is 8.93. The van der Waals surface area contributed by atoms with E-state index < -0.39 is 5.92 Å². The van der Waals surface area contributed by atoms with Gasteiger partial charge in [-0.2, -0.15) is 0 Å². The molecule has 1 atom stereocenters. The number of aryl methyl sites for hydroxylation is 1. The molecule has 7 heteroatoms. The number of benzene rings is 2. The molecule has 29 heavy (non-hydrogen) atoms. The van der Waals surface area contributed by atoms with Crippen molar-refractivity contribution in [1.82, 2.24) is 5.32 Å². The summed E-state index contributed by atoms with van der Waals surface area (Å²) in [4.78, 5) is 26.7. The number of carbonyl (C=O) groups is 2. The van der Waals surface area contributed by atoms with Crippen molar-refractivity contribution < 1.29 is 14.0 Å². The maximum Gasteiger partial charge on any atom is 0.229 e. The molecule has 0 bridgehead atoms. The molecule has 2 aliphatic rings. The number of carbonyl (C=O) groups excluding carboxylic acids is 2. The Kier molecular flexibility index (Phi) is 6.55. The SMILES string of the molecule is CCc1ccc(N2CC(C(=O)Nc3ccc4c(c3F)CCNC4)CC2=O)cc1.Cl. The fourth-order valence-corrected chi connectivity index (χ4v) is 3.91. The molecule has 0 spiro atoms. The second-order valence-corrected chi connectivity index (χ2v) is 7.41. The van der Waals surface area contributed by atoms with Crippen molar-refractivity contribution in [2.24, 2.45) is 5.92 Å². The van der Waals surface area contributed by atoms with Crippen LogP contribution in [-0.4, -0.2) is 24.9 Å². The zero-order chi connectivity index (χ0) is 19.7. The van der Waals surface area contributed by atoms with Crippen LogP contribution >= 0.6 is 12.4 Å². The van der Waals surface area contributed by atoms with Crippen LogP contribution in [0.4, 0.5) is 15.8 Å². The Morgan fingerprint density at radius 1 is 1.24 bits per heavy atom. The highest BCUT2D eigenvalue weighted by Crippen LogP contribution is 2.28. The number of anilines is 2. The van der Waals surface area contributed by atoms with E-state index in [2.05, 4.69) is 17.6 Å². The smallest absolute Gasteiger partial charge is 0.229 e. The predicted octanol–water partition coefficient (Wildman–Crippen LogP) is 3.45. The average molecular weight is 418 g/mol. The molecule has 1 fully saturated rings. The van der Waals surface area contributed by atoms with Crippen molar-refractivity contribution in [1.29, 1.82) is 0 Å². The fourth-order valence-electron chi connectivity index (χ4n) is 3.91. The van der Waals surface area contributed by atoms with Gasteiger partial charge in [0.05, 0.1) is 11.6 Å². The normalized spacial score (nSPS) is 18.2. The summed E-state index contributed by atoms with van der Waals surface area (Å²) < 4.78 is 14.8. The van der Waals surface area contributed by atoms with Gasteiger partial charge in [0.15, 0.2) is 0 Å². The number of hydrogen-bond acceptors (Lipinski definition) is 3. The van der Waals surface area contributed by atoms with Crippen molar-refractivity contribution >= 4 is 35.6 Å². The third-order valence-electron chi connectivity index (χ3n) is 5.62. The number of hydrogen-bond donors (Lipinski definition) is 2. The van der Waals surface area contributed by atoms with Crippen LogP contribution in [0, 0.1) is 11.7 Å². The molecule has 0 radical (unpaired) electrons. The lowest BCUT2D eigenvalue weighted by Crippen LogP contribution is -2.29. The second-order valence-electron chi connectivity index (χ2n) is 7.41. The summed E-state index contributed by atoms with van der Waals surface area (Å²) in [7, 11) is 0. The van der Waals surface area contributed by atoms with Gasteiger partial charge in [0.25, 0.3) is 0 Å². The van der Waals surface area contributed by atoms with Gasteiger partial charge in [0, 0.05) is 25.2 Å². The Hall–Kier alpha value is -2.44. The third kappa shape index (κ3) is 4.28. The summed E-state index contributed by atoms with van der Waals surface area (Å²) in [6, 6.07) is 11.3. The van der Waals surface area contributed by atoms with E-state index in [-0.39, 0.29) is 42.1 Å². The van der Waals surface area contributed by atoms with E-state index >= 15 is 0 Å². The van der Waals surface area contributed by atoms with E-state index in [0.29, 0.717) is 25.1 Å².